The molecule has 0 spiro atoms. The third-order valence-corrected chi connectivity index (χ3v) is 3.62. The summed E-state index contributed by atoms with van der Waals surface area (Å²) in [5.74, 6) is 0. The van der Waals surface area contributed by atoms with E-state index in [9.17, 15) is 4.79 Å². The second-order valence-electron chi connectivity index (χ2n) is 4.46. The zero-order valence-corrected chi connectivity index (χ0v) is 12.3. The average molecular weight is 317 g/mol. The van der Waals surface area contributed by atoms with Crippen molar-refractivity contribution in [3.05, 3.63) is 70.3 Å². The molecule has 0 unspecified atom stereocenters. The SMILES string of the molecule is O=Cc1cn(-c2ccccc2)nc1-c1ccc(Cl)cc1Cl. The lowest BCUT2D eigenvalue weighted by Crippen LogP contribution is -1.94. The molecule has 0 fully saturated rings. The van der Waals surface area contributed by atoms with Crippen molar-refractivity contribution in [2.75, 3.05) is 0 Å². The zero-order valence-electron chi connectivity index (χ0n) is 10.8. The van der Waals surface area contributed by atoms with E-state index in [1.54, 1.807) is 29.1 Å². The first-order valence-electron chi connectivity index (χ1n) is 6.25. The monoisotopic (exact) mass is 316 g/mol. The quantitative estimate of drug-likeness (QED) is 0.659. The van der Waals surface area contributed by atoms with E-state index in [1.807, 2.05) is 30.3 Å². The Morgan fingerprint density at radius 3 is 2.48 bits per heavy atom. The van der Waals surface area contributed by atoms with Crippen molar-refractivity contribution in [1.29, 1.82) is 0 Å². The van der Waals surface area contributed by atoms with Crippen molar-refractivity contribution >= 4 is 29.5 Å². The normalized spacial score (nSPS) is 10.6. The molecule has 0 amide bonds. The highest BCUT2D eigenvalue weighted by atomic mass is 35.5. The number of carbonyl (C=O) groups is 1. The van der Waals surface area contributed by atoms with Crippen LogP contribution in [0.5, 0.6) is 0 Å². The van der Waals surface area contributed by atoms with Gasteiger partial charge in [0, 0.05) is 16.8 Å². The van der Waals surface area contributed by atoms with Crippen LogP contribution in [-0.2, 0) is 0 Å². The molecule has 2 aromatic carbocycles. The molecule has 0 aliphatic rings. The summed E-state index contributed by atoms with van der Waals surface area (Å²) >= 11 is 12.1. The highest BCUT2D eigenvalue weighted by molar-refractivity contribution is 6.36. The van der Waals surface area contributed by atoms with Crippen LogP contribution >= 0.6 is 23.2 Å². The Bertz CT molecular complexity index is 797. The first-order chi connectivity index (χ1) is 10.2. The molecule has 0 saturated carbocycles. The van der Waals surface area contributed by atoms with E-state index in [2.05, 4.69) is 5.10 Å². The fourth-order valence-electron chi connectivity index (χ4n) is 2.08. The van der Waals surface area contributed by atoms with E-state index in [4.69, 9.17) is 23.2 Å². The molecule has 1 aromatic heterocycles. The summed E-state index contributed by atoms with van der Waals surface area (Å²) in [5.41, 5.74) is 2.56. The van der Waals surface area contributed by atoms with Gasteiger partial charge in [0.25, 0.3) is 0 Å². The van der Waals surface area contributed by atoms with Crippen molar-refractivity contribution < 1.29 is 4.79 Å². The number of carbonyl (C=O) groups excluding carboxylic acids is 1. The van der Waals surface area contributed by atoms with Gasteiger partial charge in [0.05, 0.1) is 16.3 Å². The van der Waals surface area contributed by atoms with Crippen LogP contribution in [0.4, 0.5) is 0 Å². The number of aromatic nitrogens is 2. The predicted molar refractivity (Wildman–Crippen MR) is 84.4 cm³/mol. The van der Waals surface area contributed by atoms with Crippen molar-refractivity contribution in [2.45, 2.75) is 0 Å². The molecule has 3 nitrogen and oxygen atoms in total. The maximum atomic E-state index is 11.3. The second kappa shape index (κ2) is 5.72. The lowest BCUT2D eigenvalue weighted by atomic mass is 10.1. The van der Waals surface area contributed by atoms with Gasteiger partial charge in [-0.1, -0.05) is 41.4 Å². The number of halogens is 2. The Morgan fingerprint density at radius 1 is 1.05 bits per heavy atom. The van der Waals surface area contributed by atoms with Gasteiger partial charge in [0.2, 0.25) is 0 Å². The fourth-order valence-corrected chi connectivity index (χ4v) is 2.58. The molecule has 3 aromatic rings. The Hall–Kier alpha value is -2.10. The van der Waals surface area contributed by atoms with Crippen LogP contribution < -0.4 is 0 Å². The van der Waals surface area contributed by atoms with Crippen molar-refractivity contribution in [2.24, 2.45) is 0 Å². The highest BCUT2D eigenvalue weighted by Crippen LogP contribution is 2.31. The standard InChI is InChI=1S/C16H10Cl2N2O/c17-12-6-7-14(15(18)8-12)16-11(10-21)9-20(19-16)13-4-2-1-3-5-13/h1-10H. The Morgan fingerprint density at radius 2 is 1.81 bits per heavy atom. The number of rotatable bonds is 3. The zero-order chi connectivity index (χ0) is 14.8. The lowest BCUT2D eigenvalue weighted by molar-refractivity contribution is 0.112. The third kappa shape index (κ3) is 2.71. The maximum absolute atomic E-state index is 11.3. The largest absolute Gasteiger partial charge is 0.298 e. The minimum Gasteiger partial charge on any atom is -0.298 e. The first kappa shape index (κ1) is 13.9. The summed E-state index contributed by atoms with van der Waals surface area (Å²) < 4.78 is 1.66. The number of benzene rings is 2. The number of nitrogens with zero attached hydrogens (tertiary/aromatic N) is 2. The highest BCUT2D eigenvalue weighted by Gasteiger charge is 2.14. The van der Waals surface area contributed by atoms with Gasteiger partial charge in [-0.15, -0.1) is 0 Å². The van der Waals surface area contributed by atoms with Gasteiger partial charge in [-0.25, -0.2) is 4.68 Å². The minimum absolute atomic E-state index is 0.462. The molecule has 0 bridgehead atoms. The van der Waals surface area contributed by atoms with Crippen LogP contribution in [0.2, 0.25) is 10.0 Å². The topological polar surface area (TPSA) is 34.9 Å². The van der Waals surface area contributed by atoms with Crippen molar-refractivity contribution in [3.63, 3.8) is 0 Å². The smallest absolute Gasteiger partial charge is 0.153 e. The van der Waals surface area contributed by atoms with Crippen LogP contribution in [0.1, 0.15) is 10.4 Å². The molecule has 0 aliphatic carbocycles. The maximum Gasteiger partial charge on any atom is 0.153 e. The van der Waals surface area contributed by atoms with E-state index in [-0.39, 0.29) is 0 Å². The molecule has 0 N–H and O–H groups in total. The molecule has 1 heterocycles. The fraction of sp³-hybridized carbons (Fsp3) is 0. The van der Waals surface area contributed by atoms with E-state index < -0.39 is 0 Å². The molecular formula is C16H10Cl2N2O. The molecule has 21 heavy (non-hydrogen) atoms. The van der Waals surface area contributed by atoms with Gasteiger partial charge in [-0.3, -0.25) is 4.79 Å². The summed E-state index contributed by atoms with van der Waals surface area (Å²) in [7, 11) is 0. The van der Waals surface area contributed by atoms with Gasteiger partial charge < -0.3 is 0 Å². The third-order valence-electron chi connectivity index (χ3n) is 3.08. The molecule has 104 valence electrons. The molecule has 3 rings (SSSR count). The van der Waals surface area contributed by atoms with E-state index in [1.165, 1.54) is 0 Å². The number of aldehydes is 1. The van der Waals surface area contributed by atoms with Gasteiger partial charge in [-0.05, 0) is 30.3 Å². The molecular weight excluding hydrogens is 307 g/mol. The van der Waals surface area contributed by atoms with Crippen LogP contribution in [0.25, 0.3) is 16.9 Å². The number of hydrogen-bond donors (Lipinski definition) is 0. The van der Waals surface area contributed by atoms with Gasteiger partial charge in [0.15, 0.2) is 6.29 Å². The molecule has 0 aliphatic heterocycles. The Balaban J connectivity index is 2.15. The van der Waals surface area contributed by atoms with Gasteiger partial charge in [-0.2, -0.15) is 5.10 Å². The molecule has 0 atom stereocenters. The lowest BCUT2D eigenvalue weighted by Gasteiger charge is -2.03. The summed E-state index contributed by atoms with van der Waals surface area (Å²) in [4.78, 5) is 11.3. The van der Waals surface area contributed by atoms with E-state index >= 15 is 0 Å². The van der Waals surface area contributed by atoms with Crippen molar-refractivity contribution in [3.8, 4) is 16.9 Å². The van der Waals surface area contributed by atoms with Crippen LogP contribution in [0.3, 0.4) is 0 Å². The Labute approximate surface area is 131 Å². The molecule has 5 heteroatoms. The first-order valence-corrected chi connectivity index (χ1v) is 7.00. The predicted octanol–water partition coefficient (Wildman–Crippen LogP) is 4.66. The van der Waals surface area contributed by atoms with Crippen LogP contribution in [0.15, 0.2) is 54.7 Å². The van der Waals surface area contributed by atoms with E-state index in [0.29, 0.717) is 26.9 Å². The van der Waals surface area contributed by atoms with Crippen LogP contribution in [-0.4, -0.2) is 16.1 Å². The summed E-state index contributed by atoms with van der Waals surface area (Å²) in [6.45, 7) is 0. The number of hydrogen-bond acceptors (Lipinski definition) is 2. The van der Waals surface area contributed by atoms with Crippen molar-refractivity contribution in [1.82, 2.24) is 9.78 Å². The molecule has 0 radical (unpaired) electrons. The average Bonchev–Trinajstić information content (AvgIpc) is 2.92. The summed E-state index contributed by atoms with van der Waals surface area (Å²) in [6.07, 6.45) is 2.45. The Kier molecular flexibility index (Phi) is 3.78. The van der Waals surface area contributed by atoms with E-state index in [0.717, 1.165) is 12.0 Å². The second-order valence-corrected chi connectivity index (χ2v) is 5.30. The molecule has 0 saturated heterocycles. The summed E-state index contributed by atoms with van der Waals surface area (Å²) in [5, 5.41) is 5.47. The minimum atomic E-state index is 0.462. The van der Waals surface area contributed by atoms with Gasteiger partial charge in [0.1, 0.15) is 5.69 Å². The number of para-hydroxylation sites is 1. The van der Waals surface area contributed by atoms with Gasteiger partial charge >= 0.3 is 0 Å². The summed E-state index contributed by atoms with van der Waals surface area (Å²) in [6, 6.07) is 14.7. The van der Waals surface area contributed by atoms with Crippen LogP contribution in [0, 0.1) is 0 Å².